The molecule has 0 radical (unpaired) electrons. The Morgan fingerprint density at radius 3 is 2.06 bits per heavy atom. The highest BCUT2D eigenvalue weighted by Gasteiger charge is 2.36. The van der Waals surface area contributed by atoms with Crippen molar-refractivity contribution in [1.29, 1.82) is 0 Å². The van der Waals surface area contributed by atoms with Gasteiger partial charge in [0.05, 0.1) is 0 Å². The number of rotatable bonds is 6. The summed E-state index contributed by atoms with van der Waals surface area (Å²) in [7, 11) is 0. The lowest BCUT2D eigenvalue weighted by molar-refractivity contribution is -0.142. The van der Waals surface area contributed by atoms with Gasteiger partial charge in [0.15, 0.2) is 0 Å². The molecule has 0 aromatic rings. The molecule has 6 nitrogen and oxygen atoms in total. The van der Waals surface area contributed by atoms with Crippen molar-refractivity contribution in [1.82, 2.24) is 9.80 Å². The molecule has 0 aromatic carbocycles. The van der Waals surface area contributed by atoms with E-state index in [2.05, 4.69) is 0 Å². The van der Waals surface area contributed by atoms with Gasteiger partial charge in [-0.05, 0) is 12.8 Å². The van der Waals surface area contributed by atoms with E-state index in [4.69, 9.17) is 5.11 Å². The number of unbranched alkanes of at least 4 members (excludes halogenated alkanes) is 1. The molecule has 1 aliphatic heterocycles. The number of nitrogens with zero attached hydrogens (tertiary/aromatic N) is 2. The van der Waals surface area contributed by atoms with Crippen molar-refractivity contribution < 1.29 is 19.5 Å². The van der Waals surface area contributed by atoms with Gasteiger partial charge in [0.1, 0.15) is 6.42 Å². The Labute approximate surface area is 100 Å². The number of imide groups is 2. The van der Waals surface area contributed by atoms with Crippen molar-refractivity contribution >= 4 is 17.8 Å². The molecule has 1 saturated heterocycles. The zero-order valence-corrected chi connectivity index (χ0v) is 10.0. The van der Waals surface area contributed by atoms with Crippen LogP contribution in [0.1, 0.15) is 32.6 Å². The molecule has 0 spiro atoms. The summed E-state index contributed by atoms with van der Waals surface area (Å²) in [5.74, 6) is -0.894. The monoisotopic (exact) mass is 242 g/mol. The van der Waals surface area contributed by atoms with Crippen molar-refractivity contribution in [2.45, 2.75) is 32.6 Å². The minimum absolute atomic E-state index is 0.0834. The summed E-state index contributed by atoms with van der Waals surface area (Å²) < 4.78 is 0. The van der Waals surface area contributed by atoms with Crippen LogP contribution in [0.25, 0.3) is 0 Å². The summed E-state index contributed by atoms with van der Waals surface area (Å²) in [4.78, 5) is 37.1. The number of amides is 4. The van der Waals surface area contributed by atoms with Gasteiger partial charge in [0.2, 0.25) is 11.8 Å². The molecule has 96 valence electrons. The van der Waals surface area contributed by atoms with E-state index in [1.54, 1.807) is 0 Å². The summed E-state index contributed by atoms with van der Waals surface area (Å²) in [5, 5.41) is 8.70. The molecule has 17 heavy (non-hydrogen) atoms. The van der Waals surface area contributed by atoms with Crippen LogP contribution in [-0.4, -0.2) is 52.4 Å². The first kappa shape index (κ1) is 13.6. The molecule has 0 bridgehead atoms. The fourth-order valence-electron chi connectivity index (χ4n) is 1.67. The molecule has 1 fully saturated rings. The van der Waals surface area contributed by atoms with Crippen molar-refractivity contribution in [3.8, 4) is 0 Å². The van der Waals surface area contributed by atoms with Gasteiger partial charge >= 0.3 is 6.03 Å². The maximum Gasteiger partial charge on any atom is 0.333 e. The Bertz CT molecular complexity index is 289. The fourth-order valence-corrected chi connectivity index (χ4v) is 1.67. The number of urea groups is 1. The van der Waals surface area contributed by atoms with E-state index >= 15 is 0 Å². The minimum atomic E-state index is -0.548. The largest absolute Gasteiger partial charge is 0.396 e. The van der Waals surface area contributed by atoms with Crippen LogP contribution < -0.4 is 0 Å². The first-order valence-electron chi connectivity index (χ1n) is 5.87. The van der Waals surface area contributed by atoms with Crippen LogP contribution in [0.5, 0.6) is 0 Å². The number of carbonyl (C=O) groups is 3. The Morgan fingerprint density at radius 2 is 1.59 bits per heavy atom. The second kappa shape index (κ2) is 6.34. The maximum absolute atomic E-state index is 11.9. The summed E-state index contributed by atoms with van der Waals surface area (Å²) in [6.07, 6.45) is 1.70. The number of aliphatic hydroxyl groups excluding tert-OH is 1. The Balaban J connectivity index is 2.69. The van der Waals surface area contributed by atoms with Crippen LogP contribution >= 0.6 is 0 Å². The van der Waals surface area contributed by atoms with Gasteiger partial charge in [-0.3, -0.25) is 19.4 Å². The minimum Gasteiger partial charge on any atom is -0.396 e. The van der Waals surface area contributed by atoms with Crippen molar-refractivity contribution in [2.24, 2.45) is 0 Å². The second-order valence-corrected chi connectivity index (χ2v) is 3.98. The van der Waals surface area contributed by atoms with Gasteiger partial charge in [-0.15, -0.1) is 0 Å². The van der Waals surface area contributed by atoms with Crippen LogP contribution in [0, 0.1) is 0 Å². The number of hydrogen-bond acceptors (Lipinski definition) is 4. The SMILES string of the molecule is CCCCN1C(=O)CC(=O)N(CCCO)C1=O. The van der Waals surface area contributed by atoms with E-state index in [9.17, 15) is 14.4 Å². The Morgan fingerprint density at radius 1 is 1.06 bits per heavy atom. The van der Waals surface area contributed by atoms with Crippen LogP contribution in [0.2, 0.25) is 0 Å². The summed E-state index contributed by atoms with van der Waals surface area (Å²) in [6.45, 7) is 2.41. The van der Waals surface area contributed by atoms with Gasteiger partial charge in [-0.1, -0.05) is 13.3 Å². The lowest BCUT2D eigenvalue weighted by Gasteiger charge is -2.32. The molecular weight excluding hydrogens is 224 g/mol. The predicted octanol–water partition coefficient (Wildman–Crippen LogP) is 0.350. The van der Waals surface area contributed by atoms with Crippen molar-refractivity contribution in [2.75, 3.05) is 19.7 Å². The highest BCUT2D eigenvalue weighted by atomic mass is 16.3. The van der Waals surface area contributed by atoms with Gasteiger partial charge in [-0.25, -0.2) is 4.79 Å². The number of aliphatic hydroxyl groups is 1. The third kappa shape index (κ3) is 3.26. The van der Waals surface area contributed by atoms with Crippen LogP contribution in [0.15, 0.2) is 0 Å². The maximum atomic E-state index is 11.9. The van der Waals surface area contributed by atoms with Crippen molar-refractivity contribution in [3.05, 3.63) is 0 Å². The molecule has 0 unspecified atom stereocenters. The number of barbiturate groups is 1. The standard InChI is InChI=1S/C11H18N2O4/c1-2-3-5-12-9(15)8-10(16)13(11(12)17)6-4-7-14/h14H,2-8H2,1H3. The summed E-state index contributed by atoms with van der Waals surface area (Å²) in [5.41, 5.74) is 0. The molecule has 0 saturated carbocycles. The average Bonchev–Trinajstić information content (AvgIpc) is 2.28. The zero-order valence-electron chi connectivity index (χ0n) is 10.0. The first-order valence-corrected chi connectivity index (χ1v) is 5.87. The van der Waals surface area contributed by atoms with Crippen LogP contribution in [-0.2, 0) is 9.59 Å². The normalized spacial score (nSPS) is 16.9. The predicted molar refractivity (Wildman–Crippen MR) is 60.0 cm³/mol. The average molecular weight is 242 g/mol. The third-order valence-corrected chi connectivity index (χ3v) is 2.64. The van der Waals surface area contributed by atoms with E-state index in [-0.39, 0.29) is 19.6 Å². The summed E-state index contributed by atoms with van der Waals surface area (Å²) >= 11 is 0. The molecule has 1 N–H and O–H groups in total. The summed E-state index contributed by atoms with van der Waals surface area (Å²) in [6, 6.07) is -0.548. The van der Waals surface area contributed by atoms with E-state index in [0.29, 0.717) is 13.0 Å². The van der Waals surface area contributed by atoms with E-state index in [1.165, 1.54) is 0 Å². The highest BCUT2D eigenvalue weighted by molar-refractivity contribution is 6.14. The van der Waals surface area contributed by atoms with Gasteiger partial charge in [-0.2, -0.15) is 0 Å². The zero-order chi connectivity index (χ0) is 12.8. The molecule has 0 aliphatic carbocycles. The Kier molecular flexibility index (Phi) is 5.09. The van der Waals surface area contributed by atoms with E-state index < -0.39 is 17.8 Å². The van der Waals surface area contributed by atoms with E-state index in [1.807, 2.05) is 6.92 Å². The quantitative estimate of drug-likeness (QED) is 0.682. The van der Waals surface area contributed by atoms with Gasteiger partial charge < -0.3 is 5.11 Å². The topological polar surface area (TPSA) is 77.9 Å². The third-order valence-electron chi connectivity index (χ3n) is 2.64. The fraction of sp³-hybridized carbons (Fsp3) is 0.727. The second-order valence-electron chi connectivity index (χ2n) is 3.98. The highest BCUT2D eigenvalue weighted by Crippen LogP contribution is 2.13. The van der Waals surface area contributed by atoms with Crippen LogP contribution in [0.4, 0.5) is 4.79 Å². The smallest absolute Gasteiger partial charge is 0.333 e. The van der Waals surface area contributed by atoms with Gasteiger partial charge in [0, 0.05) is 19.7 Å². The van der Waals surface area contributed by atoms with Gasteiger partial charge in [0.25, 0.3) is 0 Å². The molecule has 4 amide bonds. The lowest BCUT2D eigenvalue weighted by Crippen LogP contribution is -2.55. The van der Waals surface area contributed by atoms with Crippen LogP contribution in [0.3, 0.4) is 0 Å². The molecule has 0 aromatic heterocycles. The van der Waals surface area contributed by atoms with Crippen molar-refractivity contribution in [3.63, 3.8) is 0 Å². The first-order chi connectivity index (χ1) is 8.11. The molecule has 6 heteroatoms. The lowest BCUT2D eigenvalue weighted by atomic mass is 10.2. The molecule has 1 rings (SSSR count). The number of carbonyl (C=O) groups excluding carboxylic acids is 3. The molecule has 1 heterocycles. The molecular formula is C11H18N2O4. The Hall–Kier alpha value is -1.43. The molecule has 0 atom stereocenters. The molecule has 1 aliphatic rings. The van der Waals surface area contributed by atoms with E-state index in [0.717, 1.165) is 22.6 Å². The number of hydrogen-bond donors (Lipinski definition) is 1.